The summed E-state index contributed by atoms with van der Waals surface area (Å²) in [6, 6.07) is 11.1. The summed E-state index contributed by atoms with van der Waals surface area (Å²) in [6.07, 6.45) is -1.13. The lowest BCUT2D eigenvalue weighted by molar-refractivity contribution is -0.126. The van der Waals surface area contributed by atoms with E-state index >= 15 is 0 Å². The molecule has 188 valence electrons. The number of nitrogens with zero attached hydrogens (tertiary/aromatic N) is 4. The van der Waals surface area contributed by atoms with Crippen molar-refractivity contribution in [2.24, 2.45) is 5.41 Å². The molecule has 5 rings (SSSR count). The minimum Gasteiger partial charge on any atom is -0.355 e. The van der Waals surface area contributed by atoms with E-state index in [0.29, 0.717) is 21.6 Å². The number of amides is 1. The number of halogens is 3. The van der Waals surface area contributed by atoms with E-state index in [0.717, 1.165) is 49.3 Å². The molecule has 1 amide bonds. The Labute approximate surface area is 211 Å². The molecule has 36 heavy (non-hydrogen) atoms. The Kier molecular flexibility index (Phi) is 5.94. The number of alkyl halides is 3. The Morgan fingerprint density at radius 1 is 1.28 bits per heavy atom. The fourth-order valence-corrected chi connectivity index (χ4v) is 6.36. The van der Waals surface area contributed by atoms with E-state index in [2.05, 4.69) is 26.3 Å². The molecule has 0 bridgehead atoms. The van der Waals surface area contributed by atoms with Crippen molar-refractivity contribution in [3.05, 3.63) is 52.7 Å². The van der Waals surface area contributed by atoms with E-state index in [4.69, 9.17) is 0 Å². The summed E-state index contributed by atoms with van der Waals surface area (Å²) in [5.74, 6) is 0.538. The van der Waals surface area contributed by atoms with Crippen LogP contribution in [0.1, 0.15) is 53.9 Å². The molecule has 1 spiro atoms. The largest absolute Gasteiger partial charge is 0.393 e. The van der Waals surface area contributed by atoms with Gasteiger partial charge in [0.1, 0.15) is 17.0 Å². The summed E-state index contributed by atoms with van der Waals surface area (Å²) < 4.78 is 38.5. The van der Waals surface area contributed by atoms with E-state index in [1.165, 1.54) is 6.33 Å². The molecule has 1 unspecified atom stereocenters. The maximum absolute atomic E-state index is 12.9. The van der Waals surface area contributed by atoms with Gasteiger partial charge in [0.25, 0.3) is 5.91 Å². The van der Waals surface area contributed by atoms with Gasteiger partial charge in [0.2, 0.25) is 0 Å². The molecule has 6 nitrogen and oxygen atoms in total. The van der Waals surface area contributed by atoms with Crippen LogP contribution in [0, 0.1) is 16.7 Å². The molecule has 1 aromatic carbocycles. The van der Waals surface area contributed by atoms with E-state index in [1.807, 2.05) is 19.9 Å². The zero-order valence-electron chi connectivity index (χ0n) is 20.0. The molecule has 3 heterocycles. The molecule has 1 saturated heterocycles. The van der Waals surface area contributed by atoms with Crippen molar-refractivity contribution >= 4 is 33.3 Å². The highest BCUT2D eigenvalue weighted by atomic mass is 32.1. The molecule has 1 aliphatic heterocycles. The van der Waals surface area contributed by atoms with Crippen LogP contribution in [0.2, 0.25) is 0 Å². The molecule has 1 N–H and O–H groups in total. The molecule has 1 saturated carbocycles. The van der Waals surface area contributed by atoms with Crippen LogP contribution in [0.15, 0.2) is 36.7 Å². The van der Waals surface area contributed by atoms with Gasteiger partial charge in [-0.3, -0.25) is 4.79 Å². The zero-order valence-corrected chi connectivity index (χ0v) is 20.8. The summed E-state index contributed by atoms with van der Waals surface area (Å²) in [7, 11) is 0. The fourth-order valence-electron chi connectivity index (χ4n) is 5.34. The summed E-state index contributed by atoms with van der Waals surface area (Å²) in [4.78, 5) is 24.4. The fraction of sp³-hybridized carbons (Fsp3) is 0.462. The van der Waals surface area contributed by atoms with Crippen molar-refractivity contribution in [1.82, 2.24) is 15.3 Å². The third-order valence-corrected chi connectivity index (χ3v) is 8.29. The Morgan fingerprint density at radius 2 is 2.06 bits per heavy atom. The van der Waals surface area contributed by atoms with Crippen LogP contribution >= 0.6 is 11.3 Å². The monoisotopic (exact) mass is 513 g/mol. The molecule has 2 aliphatic rings. The van der Waals surface area contributed by atoms with E-state index in [-0.39, 0.29) is 22.2 Å². The number of benzene rings is 1. The minimum absolute atomic E-state index is 0.0530. The van der Waals surface area contributed by atoms with Crippen molar-refractivity contribution < 1.29 is 18.0 Å². The van der Waals surface area contributed by atoms with Crippen LogP contribution in [0.3, 0.4) is 0 Å². The second-order valence-electron chi connectivity index (χ2n) is 10.5. The average molecular weight is 514 g/mol. The van der Waals surface area contributed by atoms with E-state index < -0.39 is 18.0 Å². The number of rotatable bonds is 5. The summed E-state index contributed by atoms with van der Waals surface area (Å²) in [5.41, 5.74) is 0.733. The van der Waals surface area contributed by atoms with Crippen molar-refractivity contribution in [2.45, 2.75) is 57.2 Å². The van der Waals surface area contributed by atoms with Gasteiger partial charge >= 0.3 is 6.18 Å². The Hall–Kier alpha value is -3.19. The standard InChI is InChI=1S/C26H26F3N5OS/c1-24(2,12-30)17-5-3-4-16(8-17)22(35)33-18-6-7-25(10-18)13-34(14-25)21-20-9-19(11-26(27,28)29)36-23(20)32-15-31-21/h3-5,8-9,15,18H,6-7,10-11,13-14H2,1-2H3,(H,33,35). The summed E-state index contributed by atoms with van der Waals surface area (Å²) in [5, 5.41) is 13.2. The number of carbonyl (C=O) groups is 1. The number of anilines is 1. The van der Waals surface area contributed by atoms with E-state index in [1.54, 1.807) is 24.3 Å². The third kappa shape index (κ3) is 4.76. The zero-order chi connectivity index (χ0) is 25.7. The van der Waals surface area contributed by atoms with Gasteiger partial charge in [0.15, 0.2) is 0 Å². The lowest BCUT2D eigenvalue weighted by Gasteiger charge is -2.49. The van der Waals surface area contributed by atoms with Crippen molar-refractivity contribution in [1.29, 1.82) is 5.26 Å². The number of hydrogen-bond acceptors (Lipinski definition) is 6. The normalized spacial score (nSPS) is 19.3. The lowest BCUT2D eigenvalue weighted by atomic mass is 9.78. The maximum Gasteiger partial charge on any atom is 0.393 e. The van der Waals surface area contributed by atoms with Gasteiger partial charge in [0, 0.05) is 35.0 Å². The predicted octanol–water partition coefficient (Wildman–Crippen LogP) is 5.39. The molecule has 0 radical (unpaired) electrons. The van der Waals surface area contributed by atoms with Crippen LogP contribution in [0.25, 0.3) is 10.2 Å². The van der Waals surface area contributed by atoms with Gasteiger partial charge in [-0.25, -0.2) is 9.97 Å². The number of nitriles is 1. The molecule has 2 aromatic heterocycles. The van der Waals surface area contributed by atoms with Crippen molar-refractivity contribution in [3.8, 4) is 6.07 Å². The smallest absolute Gasteiger partial charge is 0.355 e. The third-order valence-electron chi connectivity index (χ3n) is 7.25. The number of fused-ring (bicyclic) bond motifs is 1. The highest BCUT2D eigenvalue weighted by molar-refractivity contribution is 7.18. The first-order valence-corrected chi connectivity index (χ1v) is 12.7. The SMILES string of the molecule is CC(C)(C#N)c1cccc(C(=O)NC2CCC3(C2)CN(c2ncnc4sc(CC(F)(F)F)cc24)C3)c1. The lowest BCUT2D eigenvalue weighted by Crippen LogP contribution is -2.56. The average Bonchev–Trinajstić information content (AvgIpc) is 3.40. The Balaban J connectivity index is 1.23. The van der Waals surface area contributed by atoms with Crippen molar-refractivity contribution in [2.75, 3.05) is 18.0 Å². The van der Waals surface area contributed by atoms with E-state index in [9.17, 15) is 23.2 Å². The van der Waals surface area contributed by atoms with Crippen LogP contribution in [0.4, 0.5) is 19.0 Å². The predicted molar refractivity (Wildman–Crippen MR) is 132 cm³/mol. The van der Waals surface area contributed by atoms with Crippen LogP contribution < -0.4 is 10.2 Å². The van der Waals surface area contributed by atoms with Crippen molar-refractivity contribution in [3.63, 3.8) is 0 Å². The molecule has 2 fully saturated rings. The number of hydrogen-bond donors (Lipinski definition) is 1. The van der Waals surface area contributed by atoms with Crippen LogP contribution in [0.5, 0.6) is 0 Å². The van der Waals surface area contributed by atoms with Gasteiger partial charge in [-0.15, -0.1) is 11.3 Å². The second-order valence-corrected chi connectivity index (χ2v) is 11.6. The molecule has 10 heteroatoms. The first kappa shape index (κ1) is 24.5. The van der Waals surface area contributed by atoms with Gasteiger partial charge in [-0.05, 0) is 56.9 Å². The van der Waals surface area contributed by atoms with Gasteiger partial charge in [0.05, 0.1) is 23.3 Å². The highest BCUT2D eigenvalue weighted by Crippen LogP contribution is 2.48. The molecule has 1 aliphatic carbocycles. The number of thiophene rings is 1. The first-order valence-electron chi connectivity index (χ1n) is 11.8. The molecule has 1 atom stereocenters. The molecular formula is C26H26F3N5OS. The van der Waals surface area contributed by atoms with Crippen LogP contribution in [-0.2, 0) is 11.8 Å². The second kappa shape index (κ2) is 8.73. The summed E-state index contributed by atoms with van der Waals surface area (Å²) in [6.45, 7) is 5.15. The maximum atomic E-state index is 12.9. The minimum atomic E-state index is -4.26. The highest BCUT2D eigenvalue weighted by Gasteiger charge is 2.49. The quantitative estimate of drug-likeness (QED) is 0.495. The number of aromatic nitrogens is 2. The Morgan fingerprint density at radius 3 is 2.78 bits per heavy atom. The number of nitrogens with one attached hydrogen (secondary N) is 1. The van der Waals surface area contributed by atoms with Gasteiger partial charge in [-0.2, -0.15) is 18.4 Å². The summed E-state index contributed by atoms with van der Waals surface area (Å²) >= 11 is 1.06. The topological polar surface area (TPSA) is 81.9 Å². The molecule has 3 aromatic rings. The van der Waals surface area contributed by atoms with Gasteiger partial charge in [-0.1, -0.05) is 12.1 Å². The first-order chi connectivity index (χ1) is 17.0. The van der Waals surface area contributed by atoms with Gasteiger partial charge < -0.3 is 10.2 Å². The number of carbonyl (C=O) groups excluding carboxylic acids is 1. The Bertz CT molecular complexity index is 1350. The van der Waals surface area contributed by atoms with Crippen LogP contribution in [-0.4, -0.2) is 41.2 Å². The molecular weight excluding hydrogens is 487 g/mol.